The van der Waals surface area contributed by atoms with E-state index in [1.54, 1.807) is 0 Å². The number of hydrogen-bond donors (Lipinski definition) is 1. The van der Waals surface area contributed by atoms with Gasteiger partial charge in [0.2, 0.25) is 0 Å². The molecule has 0 bridgehead atoms. The Bertz CT molecular complexity index is 636. The largest absolute Gasteiger partial charge is 0.326 e. The van der Waals surface area contributed by atoms with Crippen molar-refractivity contribution in [2.24, 2.45) is 5.73 Å². The van der Waals surface area contributed by atoms with Crippen molar-refractivity contribution >= 4 is 11.5 Å². The van der Waals surface area contributed by atoms with Gasteiger partial charge in [-0.2, -0.15) is 0 Å². The van der Waals surface area contributed by atoms with E-state index in [9.17, 15) is 0 Å². The predicted octanol–water partition coefficient (Wildman–Crippen LogP) is 3.88. The molecule has 21 heavy (non-hydrogen) atoms. The molecule has 3 rings (SSSR count). The van der Waals surface area contributed by atoms with Gasteiger partial charge >= 0.3 is 0 Å². The summed E-state index contributed by atoms with van der Waals surface area (Å²) in [5.74, 6) is 1.03. The van der Waals surface area contributed by atoms with Crippen molar-refractivity contribution in [3.05, 3.63) is 53.2 Å². The summed E-state index contributed by atoms with van der Waals surface area (Å²) in [5, 5.41) is 0. The molecule has 2 N–H and O–H groups in total. The lowest BCUT2D eigenvalue weighted by Crippen LogP contribution is -2.25. The van der Waals surface area contributed by atoms with E-state index in [1.807, 2.05) is 6.20 Å². The molecule has 1 aliphatic heterocycles. The van der Waals surface area contributed by atoms with E-state index >= 15 is 0 Å². The van der Waals surface area contributed by atoms with Gasteiger partial charge in [-0.25, -0.2) is 4.98 Å². The molecule has 1 atom stereocenters. The number of nitrogens with two attached hydrogens (primary N) is 1. The van der Waals surface area contributed by atoms with Crippen molar-refractivity contribution < 1.29 is 0 Å². The zero-order valence-electron chi connectivity index (χ0n) is 12.8. The Balaban J connectivity index is 1.97. The standard InChI is InChI=1S/C18H23N3/c1-3-16(19)15-12-20-18(11-13(15)2)21-10-6-8-14-7-4-5-9-17(14)21/h4-5,7,9,11-12,16H,3,6,8,10,19H2,1-2H3/t16-/m1/s1. The smallest absolute Gasteiger partial charge is 0.133 e. The fourth-order valence-electron chi connectivity index (χ4n) is 3.08. The number of nitrogens with zero attached hydrogens (tertiary/aromatic N) is 2. The van der Waals surface area contributed by atoms with Gasteiger partial charge in [-0.3, -0.25) is 0 Å². The summed E-state index contributed by atoms with van der Waals surface area (Å²) < 4.78 is 0. The Morgan fingerprint density at radius 2 is 2.14 bits per heavy atom. The van der Waals surface area contributed by atoms with Crippen molar-refractivity contribution in [1.29, 1.82) is 0 Å². The van der Waals surface area contributed by atoms with Crippen LogP contribution in [0.1, 0.15) is 42.5 Å². The second-order valence-corrected chi connectivity index (χ2v) is 5.80. The summed E-state index contributed by atoms with van der Waals surface area (Å²) in [6, 6.07) is 10.9. The topological polar surface area (TPSA) is 42.1 Å². The van der Waals surface area contributed by atoms with Crippen molar-refractivity contribution in [2.75, 3.05) is 11.4 Å². The van der Waals surface area contributed by atoms with Crippen LogP contribution in [0.3, 0.4) is 0 Å². The minimum Gasteiger partial charge on any atom is -0.326 e. The molecule has 3 heteroatoms. The third-order valence-corrected chi connectivity index (χ3v) is 4.36. The lowest BCUT2D eigenvalue weighted by Gasteiger charge is -2.31. The quantitative estimate of drug-likeness (QED) is 0.928. The lowest BCUT2D eigenvalue weighted by atomic mass is 10.00. The molecular weight excluding hydrogens is 258 g/mol. The van der Waals surface area contributed by atoms with E-state index < -0.39 is 0 Å². The van der Waals surface area contributed by atoms with Gasteiger partial charge in [-0.15, -0.1) is 0 Å². The highest BCUT2D eigenvalue weighted by molar-refractivity contribution is 5.65. The van der Waals surface area contributed by atoms with Gasteiger partial charge in [-0.1, -0.05) is 25.1 Å². The summed E-state index contributed by atoms with van der Waals surface area (Å²) in [5.41, 5.74) is 11.2. The lowest BCUT2D eigenvalue weighted by molar-refractivity contribution is 0.688. The summed E-state index contributed by atoms with van der Waals surface area (Å²) in [4.78, 5) is 7.00. The van der Waals surface area contributed by atoms with Crippen LogP contribution in [0.5, 0.6) is 0 Å². The van der Waals surface area contributed by atoms with Crippen LogP contribution < -0.4 is 10.6 Å². The minimum absolute atomic E-state index is 0.0835. The van der Waals surface area contributed by atoms with Gasteiger partial charge in [0.15, 0.2) is 0 Å². The van der Waals surface area contributed by atoms with Crippen LogP contribution in [-0.2, 0) is 6.42 Å². The first kappa shape index (κ1) is 14.1. The van der Waals surface area contributed by atoms with Crippen molar-refractivity contribution in [1.82, 2.24) is 4.98 Å². The molecule has 0 saturated heterocycles. The molecule has 0 unspecified atom stereocenters. The number of anilines is 2. The maximum Gasteiger partial charge on any atom is 0.133 e. The monoisotopic (exact) mass is 281 g/mol. The average molecular weight is 281 g/mol. The molecule has 1 aliphatic rings. The van der Waals surface area contributed by atoms with Gasteiger partial charge in [0.1, 0.15) is 5.82 Å². The number of aromatic nitrogens is 1. The molecule has 0 aliphatic carbocycles. The Morgan fingerprint density at radius 3 is 2.90 bits per heavy atom. The molecule has 0 radical (unpaired) electrons. The summed E-state index contributed by atoms with van der Waals surface area (Å²) in [7, 11) is 0. The third kappa shape index (κ3) is 2.66. The van der Waals surface area contributed by atoms with E-state index in [-0.39, 0.29) is 6.04 Å². The van der Waals surface area contributed by atoms with Crippen molar-refractivity contribution in [3.63, 3.8) is 0 Å². The number of benzene rings is 1. The molecule has 0 fully saturated rings. The van der Waals surface area contributed by atoms with E-state index in [4.69, 9.17) is 5.73 Å². The maximum atomic E-state index is 6.15. The SMILES string of the molecule is CC[C@@H](N)c1cnc(N2CCCc3ccccc32)cc1C. The molecule has 3 nitrogen and oxygen atoms in total. The van der Waals surface area contributed by atoms with Crippen LogP contribution in [0.2, 0.25) is 0 Å². The number of aryl methyl sites for hydroxylation is 2. The number of rotatable bonds is 3. The van der Waals surface area contributed by atoms with E-state index in [1.165, 1.54) is 23.2 Å². The Labute approximate surface area is 126 Å². The van der Waals surface area contributed by atoms with Crippen molar-refractivity contribution in [2.45, 2.75) is 39.2 Å². The molecule has 110 valence electrons. The molecule has 1 aromatic heterocycles. The first-order valence-corrected chi connectivity index (χ1v) is 7.78. The Morgan fingerprint density at radius 1 is 1.33 bits per heavy atom. The first-order valence-electron chi connectivity index (χ1n) is 7.78. The van der Waals surface area contributed by atoms with Gasteiger partial charge in [0.25, 0.3) is 0 Å². The molecular formula is C18H23N3. The normalized spacial score (nSPS) is 15.7. The highest BCUT2D eigenvalue weighted by Crippen LogP contribution is 2.33. The summed E-state index contributed by atoms with van der Waals surface area (Å²) in [6.07, 6.45) is 5.23. The zero-order valence-corrected chi connectivity index (χ0v) is 12.8. The van der Waals surface area contributed by atoms with Crippen molar-refractivity contribution in [3.8, 4) is 0 Å². The van der Waals surface area contributed by atoms with Gasteiger partial charge in [0, 0.05) is 24.5 Å². The van der Waals surface area contributed by atoms with Crippen LogP contribution in [-0.4, -0.2) is 11.5 Å². The molecule has 0 spiro atoms. The highest BCUT2D eigenvalue weighted by atomic mass is 15.2. The van der Waals surface area contributed by atoms with Crippen LogP contribution in [0.4, 0.5) is 11.5 Å². The van der Waals surface area contributed by atoms with Crippen LogP contribution in [0, 0.1) is 6.92 Å². The number of pyridine rings is 1. The minimum atomic E-state index is 0.0835. The number of fused-ring (bicyclic) bond motifs is 1. The molecule has 0 saturated carbocycles. The fourth-order valence-corrected chi connectivity index (χ4v) is 3.08. The third-order valence-electron chi connectivity index (χ3n) is 4.36. The van der Waals surface area contributed by atoms with Crippen LogP contribution in [0.15, 0.2) is 36.5 Å². The second-order valence-electron chi connectivity index (χ2n) is 5.80. The maximum absolute atomic E-state index is 6.15. The Kier molecular flexibility index (Phi) is 3.93. The Hall–Kier alpha value is -1.87. The first-order chi connectivity index (χ1) is 10.2. The molecule has 1 aromatic carbocycles. The van der Waals surface area contributed by atoms with Gasteiger partial charge < -0.3 is 10.6 Å². The van der Waals surface area contributed by atoms with Crippen LogP contribution >= 0.6 is 0 Å². The second kappa shape index (κ2) is 5.86. The van der Waals surface area contributed by atoms with E-state index in [0.717, 1.165) is 30.8 Å². The highest BCUT2D eigenvalue weighted by Gasteiger charge is 2.19. The molecule has 0 amide bonds. The average Bonchev–Trinajstić information content (AvgIpc) is 2.53. The summed E-state index contributed by atoms with van der Waals surface area (Å²) >= 11 is 0. The molecule has 2 heterocycles. The van der Waals surface area contributed by atoms with E-state index in [2.05, 4.69) is 54.1 Å². The van der Waals surface area contributed by atoms with Gasteiger partial charge in [-0.05, 0) is 55.0 Å². The molecule has 2 aromatic rings. The fraction of sp³-hybridized carbons (Fsp3) is 0.389. The van der Waals surface area contributed by atoms with E-state index in [0.29, 0.717) is 0 Å². The number of para-hydroxylation sites is 1. The zero-order chi connectivity index (χ0) is 14.8. The number of hydrogen-bond acceptors (Lipinski definition) is 3. The van der Waals surface area contributed by atoms with Crippen LogP contribution in [0.25, 0.3) is 0 Å². The predicted molar refractivity (Wildman–Crippen MR) is 88.0 cm³/mol. The van der Waals surface area contributed by atoms with Gasteiger partial charge in [0.05, 0.1) is 0 Å². The summed E-state index contributed by atoms with van der Waals surface area (Å²) in [6.45, 7) is 5.27.